The summed E-state index contributed by atoms with van der Waals surface area (Å²) in [7, 11) is 2.03. The van der Waals surface area contributed by atoms with Gasteiger partial charge in [-0.3, -0.25) is 0 Å². The Bertz CT molecular complexity index is 483. The second-order valence-electron chi connectivity index (χ2n) is 6.56. The standard InChI is InChI=1S/C17H29N3O2/c1-13-7-6-8-14(11-13)20(5)15(12-18)9-10-19-16(21)22-17(2,3)4/h6-8,11,15H,9-10,12,18H2,1-5H3,(H,19,21). The summed E-state index contributed by atoms with van der Waals surface area (Å²) in [4.78, 5) is 13.8. The van der Waals surface area contributed by atoms with Gasteiger partial charge < -0.3 is 20.7 Å². The Morgan fingerprint density at radius 2 is 2.09 bits per heavy atom. The van der Waals surface area contributed by atoms with Gasteiger partial charge in [0, 0.05) is 31.9 Å². The van der Waals surface area contributed by atoms with Crippen LogP contribution in [-0.2, 0) is 4.74 Å². The summed E-state index contributed by atoms with van der Waals surface area (Å²) in [5, 5.41) is 2.78. The van der Waals surface area contributed by atoms with Crippen molar-refractivity contribution in [2.24, 2.45) is 5.73 Å². The van der Waals surface area contributed by atoms with Crippen LogP contribution in [0.4, 0.5) is 10.5 Å². The number of rotatable bonds is 6. The maximum atomic E-state index is 11.6. The lowest BCUT2D eigenvalue weighted by molar-refractivity contribution is 0.0526. The van der Waals surface area contributed by atoms with E-state index in [4.69, 9.17) is 10.5 Å². The lowest BCUT2D eigenvalue weighted by Crippen LogP contribution is -2.41. The highest BCUT2D eigenvalue weighted by Gasteiger charge is 2.17. The molecule has 0 aliphatic rings. The number of carbonyl (C=O) groups is 1. The van der Waals surface area contributed by atoms with E-state index < -0.39 is 5.60 Å². The number of ether oxygens (including phenoxy) is 1. The minimum atomic E-state index is -0.476. The minimum absolute atomic E-state index is 0.164. The molecule has 1 aromatic rings. The van der Waals surface area contributed by atoms with Gasteiger partial charge in [0.15, 0.2) is 0 Å². The number of carbonyl (C=O) groups excluding carboxylic acids is 1. The topological polar surface area (TPSA) is 67.6 Å². The fraction of sp³-hybridized carbons (Fsp3) is 0.588. The maximum Gasteiger partial charge on any atom is 0.407 e. The molecule has 0 fully saturated rings. The lowest BCUT2D eigenvalue weighted by Gasteiger charge is -2.29. The summed E-state index contributed by atoms with van der Waals surface area (Å²) in [5.74, 6) is 0. The van der Waals surface area contributed by atoms with Gasteiger partial charge in [0.05, 0.1) is 0 Å². The molecule has 0 saturated carbocycles. The first-order valence-electron chi connectivity index (χ1n) is 7.69. The van der Waals surface area contributed by atoms with Crippen molar-refractivity contribution in [1.29, 1.82) is 0 Å². The van der Waals surface area contributed by atoms with E-state index >= 15 is 0 Å². The third-order valence-corrected chi connectivity index (χ3v) is 3.37. The molecule has 0 radical (unpaired) electrons. The van der Waals surface area contributed by atoms with Gasteiger partial charge in [-0.15, -0.1) is 0 Å². The molecule has 1 unspecified atom stereocenters. The number of hydrogen-bond acceptors (Lipinski definition) is 4. The van der Waals surface area contributed by atoms with E-state index in [2.05, 4.69) is 35.3 Å². The predicted octanol–water partition coefficient (Wildman–Crippen LogP) is 2.67. The van der Waals surface area contributed by atoms with E-state index in [0.29, 0.717) is 13.1 Å². The van der Waals surface area contributed by atoms with Crippen LogP contribution in [0.25, 0.3) is 0 Å². The van der Waals surface area contributed by atoms with E-state index in [1.54, 1.807) is 0 Å². The molecule has 0 aliphatic heterocycles. The van der Waals surface area contributed by atoms with Crippen LogP contribution in [0.15, 0.2) is 24.3 Å². The molecule has 1 aromatic carbocycles. The molecule has 5 nitrogen and oxygen atoms in total. The van der Waals surface area contributed by atoms with E-state index in [0.717, 1.165) is 12.1 Å². The Morgan fingerprint density at radius 1 is 1.41 bits per heavy atom. The van der Waals surface area contributed by atoms with Crippen molar-refractivity contribution in [1.82, 2.24) is 5.32 Å². The van der Waals surface area contributed by atoms with Gasteiger partial charge in [0.25, 0.3) is 0 Å². The Labute approximate surface area is 133 Å². The molecular weight excluding hydrogens is 278 g/mol. The van der Waals surface area contributed by atoms with Gasteiger partial charge in [-0.2, -0.15) is 0 Å². The molecule has 0 spiro atoms. The van der Waals surface area contributed by atoms with Crippen molar-refractivity contribution in [2.75, 3.05) is 25.0 Å². The average molecular weight is 307 g/mol. The molecule has 3 N–H and O–H groups in total. The van der Waals surface area contributed by atoms with E-state index in [-0.39, 0.29) is 12.1 Å². The molecule has 1 atom stereocenters. The van der Waals surface area contributed by atoms with E-state index in [9.17, 15) is 4.79 Å². The predicted molar refractivity (Wildman–Crippen MR) is 91.3 cm³/mol. The van der Waals surface area contributed by atoms with Crippen molar-refractivity contribution >= 4 is 11.8 Å². The van der Waals surface area contributed by atoms with Gasteiger partial charge >= 0.3 is 6.09 Å². The molecule has 1 rings (SSSR count). The van der Waals surface area contributed by atoms with Crippen LogP contribution < -0.4 is 16.0 Å². The molecule has 0 aromatic heterocycles. The molecule has 0 saturated heterocycles. The number of alkyl carbamates (subject to hydrolysis) is 1. The largest absolute Gasteiger partial charge is 0.444 e. The normalized spacial score (nSPS) is 12.6. The molecule has 0 bridgehead atoms. The first-order chi connectivity index (χ1) is 10.2. The summed E-state index contributed by atoms with van der Waals surface area (Å²) < 4.78 is 5.22. The molecule has 0 heterocycles. The first kappa shape index (κ1) is 18.3. The lowest BCUT2D eigenvalue weighted by atomic mass is 10.1. The fourth-order valence-corrected chi connectivity index (χ4v) is 2.18. The monoisotopic (exact) mass is 307 g/mol. The summed E-state index contributed by atoms with van der Waals surface area (Å²) in [5.41, 5.74) is 7.75. The van der Waals surface area contributed by atoms with Crippen LogP contribution in [0, 0.1) is 6.92 Å². The molecule has 22 heavy (non-hydrogen) atoms. The minimum Gasteiger partial charge on any atom is -0.444 e. The van der Waals surface area contributed by atoms with Gasteiger partial charge in [-0.1, -0.05) is 12.1 Å². The van der Waals surface area contributed by atoms with Gasteiger partial charge in [-0.05, 0) is 51.8 Å². The quantitative estimate of drug-likeness (QED) is 0.848. The maximum absolute atomic E-state index is 11.6. The number of amides is 1. The highest BCUT2D eigenvalue weighted by molar-refractivity contribution is 5.67. The number of nitrogens with zero attached hydrogens (tertiary/aromatic N) is 1. The number of benzene rings is 1. The zero-order chi connectivity index (χ0) is 16.8. The van der Waals surface area contributed by atoms with Crippen LogP contribution in [0.5, 0.6) is 0 Å². The molecule has 0 aliphatic carbocycles. The number of hydrogen-bond donors (Lipinski definition) is 2. The Balaban J connectivity index is 2.50. The number of nitrogens with two attached hydrogens (primary N) is 1. The third-order valence-electron chi connectivity index (χ3n) is 3.37. The van der Waals surface area contributed by atoms with Crippen molar-refractivity contribution < 1.29 is 9.53 Å². The SMILES string of the molecule is Cc1cccc(N(C)C(CN)CCNC(=O)OC(C)(C)C)c1. The van der Waals surface area contributed by atoms with Crippen LogP contribution in [-0.4, -0.2) is 37.9 Å². The van der Waals surface area contributed by atoms with Crippen LogP contribution in [0.2, 0.25) is 0 Å². The Morgan fingerprint density at radius 3 is 2.64 bits per heavy atom. The second-order valence-corrected chi connectivity index (χ2v) is 6.56. The van der Waals surface area contributed by atoms with E-state index in [1.807, 2.05) is 33.9 Å². The van der Waals surface area contributed by atoms with Crippen molar-refractivity contribution in [3.8, 4) is 0 Å². The van der Waals surface area contributed by atoms with Crippen LogP contribution in [0.1, 0.15) is 32.8 Å². The van der Waals surface area contributed by atoms with Gasteiger partial charge in [0.2, 0.25) is 0 Å². The second kappa shape index (κ2) is 8.03. The summed E-state index contributed by atoms with van der Waals surface area (Å²) in [6.07, 6.45) is 0.377. The van der Waals surface area contributed by atoms with Gasteiger partial charge in [-0.25, -0.2) is 4.79 Å². The van der Waals surface area contributed by atoms with Crippen molar-refractivity contribution in [3.05, 3.63) is 29.8 Å². The number of likely N-dealkylation sites (N-methyl/N-ethyl adjacent to an activating group) is 1. The highest BCUT2D eigenvalue weighted by Crippen LogP contribution is 2.17. The van der Waals surface area contributed by atoms with Crippen LogP contribution in [0.3, 0.4) is 0 Å². The van der Waals surface area contributed by atoms with E-state index in [1.165, 1.54) is 5.56 Å². The Kier molecular flexibility index (Phi) is 6.68. The number of anilines is 1. The highest BCUT2D eigenvalue weighted by atomic mass is 16.6. The van der Waals surface area contributed by atoms with Gasteiger partial charge in [0.1, 0.15) is 5.60 Å². The average Bonchev–Trinajstić information content (AvgIpc) is 2.41. The van der Waals surface area contributed by atoms with Crippen molar-refractivity contribution in [2.45, 2.75) is 45.8 Å². The molecule has 1 amide bonds. The summed E-state index contributed by atoms with van der Waals surface area (Å²) in [6, 6.07) is 8.46. The van der Waals surface area contributed by atoms with Crippen molar-refractivity contribution in [3.63, 3.8) is 0 Å². The zero-order valence-electron chi connectivity index (χ0n) is 14.3. The zero-order valence-corrected chi connectivity index (χ0v) is 14.3. The Hall–Kier alpha value is -1.75. The smallest absolute Gasteiger partial charge is 0.407 e. The first-order valence-corrected chi connectivity index (χ1v) is 7.69. The summed E-state index contributed by atoms with van der Waals surface area (Å²) in [6.45, 7) is 8.68. The third kappa shape index (κ3) is 6.35. The molecule has 5 heteroatoms. The van der Waals surface area contributed by atoms with Crippen LogP contribution >= 0.6 is 0 Å². The fourth-order valence-electron chi connectivity index (χ4n) is 2.18. The number of aryl methyl sites for hydroxylation is 1. The molecular formula is C17H29N3O2. The molecule has 124 valence electrons. The summed E-state index contributed by atoms with van der Waals surface area (Å²) >= 11 is 0. The number of nitrogens with one attached hydrogen (secondary N) is 1.